The molecule has 0 saturated carbocycles. The first-order chi connectivity index (χ1) is 13.3. The van der Waals surface area contributed by atoms with E-state index in [-0.39, 0.29) is 11.7 Å². The molecule has 1 atom stereocenters. The lowest BCUT2D eigenvalue weighted by Crippen LogP contribution is -2.10. The van der Waals surface area contributed by atoms with Gasteiger partial charge in [0.1, 0.15) is 5.75 Å². The lowest BCUT2D eigenvalue weighted by atomic mass is 9.85. The average Bonchev–Trinajstić information content (AvgIpc) is 3.16. The standard InChI is InChI=1S/C24H21NO2/c1-27-24-14-8-6-12-19(24)20(15-23(26)17-9-3-2-4-10-17)21-16-25-22-13-7-5-11-18(21)22/h2-14,16,20,25H,15H2,1H3. The Bertz CT molecular complexity index is 1070. The third-order valence-electron chi connectivity index (χ3n) is 5.00. The predicted octanol–water partition coefficient (Wildman–Crippen LogP) is 5.58. The molecule has 0 aliphatic rings. The minimum Gasteiger partial charge on any atom is -0.496 e. The molecule has 27 heavy (non-hydrogen) atoms. The highest BCUT2D eigenvalue weighted by molar-refractivity contribution is 5.97. The van der Waals surface area contributed by atoms with Crippen LogP contribution >= 0.6 is 0 Å². The van der Waals surface area contributed by atoms with Gasteiger partial charge >= 0.3 is 0 Å². The number of aromatic nitrogens is 1. The molecule has 0 fully saturated rings. The van der Waals surface area contributed by atoms with Crippen molar-refractivity contribution in [3.05, 3.63) is 102 Å². The van der Waals surface area contributed by atoms with Gasteiger partial charge < -0.3 is 9.72 Å². The molecule has 4 rings (SSSR count). The lowest BCUT2D eigenvalue weighted by molar-refractivity contribution is 0.0977. The Kier molecular flexibility index (Phi) is 4.75. The number of methoxy groups -OCH3 is 1. The first-order valence-corrected chi connectivity index (χ1v) is 9.05. The number of hydrogen-bond acceptors (Lipinski definition) is 2. The Hall–Kier alpha value is -3.33. The molecule has 134 valence electrons. The number of carbonyl (C=O) groups is 1. The van der Waals surface area contributed by atoms with Crippen LogP contribution in [0.4, 0.5) is 0 Å². The number of rotatable bonds is 6. The van der Waals surface area contributed by atoms with E-state index in [1.165, 1.54) is 0 Å². The summed E-state index contributed by atoms with van der Waals surface area (Å²) in [6.45, 7) is 0. The smallest absolute Gasteiger partial charge is 0.163 e. The summed E-state index contributed by atoms with van der Waals surface area (Å²) >= 11 is 0. The summed E-state index contributed by atoms with van der Waals surface area (Å²) < 4.78 is 5.60. The van der Waals surface area contributed by atoms with Crippen LogP contribution < -0.4 is 4.74 Å². The van der Waals surface area contributed by atoms with Crippen molar-refractivity contribution in [2.45, 2.75) is 12.3 Å². The topological polar surface area (TPSA) is 42.1 Å². The Labute approximate surface area is 158 Å². The third kappa shape index (κ3) is 3.36. The van der Waals surface area contributed by atoms with Crippen LogP contribution in [0.5, 0.6) is 5.75 Å². The number of aromatic amines is 1. The first-order valence-electron chi connectivity index (χ1n) is 9.05. The van der Waals surface area contributed by atoms with Crippen molar-refractivity contribution in [2.24, 2.45) is 0 Å². The fraction of sp³-hybridized carbons (Fsp3) is 0.125. The van der Waals surface area contributed by atoms with Crippen LogP contribution in [0.3, 0.4) is 0 Å². The van der Waals surface area contributed by atoms with Crippen LogP contribution in [0.15, 0.2) is 85.1 Å². The van der Waals surface area contributed by atoms with E-state index in [0.29, 0.717) is 6.42 Å². The van der Waals surface area contributed by atoms with Crippen LogP contribution in [-0.2, 0) is 0 Å². The number of H-pyrrole nitrogens is 1. The summed E-state index contributed by atoms with van der Waals surface area (Å²) in [6, 6.07) is 25.6. The third-order valence-corrected chi connectivity index (χ3v) is 5.00. The molecule has 1 N–H and O–H groups in total. The van der Waals surface area contributed by atoms with Gasteiger partial charge in [0.05, 0.1) is 7.11 Å². The van der Waals surface area contributed by atoms with E-state index < -0.39 is 0 Å². The molecule has 1 aromatic heterocycles. The number of hydrogen-bond donors (Lipinski definition) is 1. The molecule has 0 saturated heterocycles. The molecule has 1 heterocycles. The average molecular weight is 355 g/mol. The van der Waals surface area contributed by atoms with Crippen molar-refractivity contribution in [3.8, 4) is 5.75 Å². The van der Waals surface area contributed by atoms with E-state index in [1.54, 1.807) is 7.11 Å². The zero-order valence-electron chi connectivity index (χ0n) is 15.2. The van der Waals surface area contributed by atoms with Crippen molar-refractivity contribution in [1.29, 1.82) is 0 Å². The maximum Gasteiger partial charge on any atom is 0.163 e. The van der Waals surface area contributed by atoms with Gasteiger partial charge in [0, 0.05) is 40.6 Å². The monoisotopic (exact) mass is 355 g/mol. The number of nitrogens with one attached hydrogen (secondary N) is 1. The molecule has 0 amide bonds. The second kappa shape index (κ2) is 7.50. The number of benzene rings is 3. The van der Waals surface area contributed by atoms with Gasteiger partial charge in [0.2, 0.25) is 0 Å². The molecule has 3 nitrogen and oxygen atoms in total. The maximum absolute atomic E-state index is 13.0. The zero-order chi connectivity index (χ0) is 18.6. The highest BCUT2D eigenvalue weighted by Crippen LogP contribution is 2.38. The minimum absolute atomic E-state index is 0.0926. The molecule has 3 heteroatoms. The van der Waals surface area contributed by atoms with Gasteiger partial charge in [-0.05, 0) is 17.7 Å². The fourth-order valence-corrected chi connectivity index (χ4v) is 3.65. The van der Waals surface area contributed by atoms with Crippen LogP contribution in [-0.4, -0.2) is 17.9 Å². The van der Waals surface area contributed by atoms with Crippen molar-refractivity contribution in [2.75, 3.05) is 7.11 Å². The minimum atomic E-state index is -0.0926. The Morgan fingerprint density at radius 1 is 0.889 bits per heavy atom. The maximum atomic E-state index is 13.0. The van der Waals surface area contributed by atoms with Crippen LogP contribution in [0.2, 0.25) is 0 Å². The van der Waals surface area contributed by atoms with E-state index in [4.69, 9.17) is 4.74 Å². The number of Topliss-reactive ketones (excluding diaryl/α,β-unsaturated/α-hetero) is 1. The molecular weight excluding hydrogens is 334 g/mol. The molecule has 0 bridgehead atoms. The molecule has 0 aliphatic heterocycles. The zero-order valence-corrected chi connectivity index (χ0v) is 15.2. The van der Waals surface area contributed by atoms with Crippen molar-refractivity contribution in [1.82, 2.24) is 4.98 Å². The van der Waals surface area contributed by atoms with Crippen molar-refractivity contribution >= 4 is 16.7 Å². The van der Waals surface area contributed by atoms with Gasteiger partial charge in [-0.1, -0.05) is 66.7 Å². The molecule has 0 aliphatic carbocycles. The van der Waals surface area contributed by atoms with E-state index >= 15 is 0 Å². The SMILES string of the molecule is COc1ccccc1C(CC(=O)c1ccccc1)c1c[nH]c2ccccc12. The number of fused-ring (bicyclic) bond motifs is 1. The normalized spacial score (nSPS) is 12.0. The van der Waals surface area contributed by atoms with E-state index in [1.807, 2.05) is 72.9 Å². The summed E-state index contributed by atoms with van der Waals surface area (Å²) in [5.74, 6) is 0.829. The van der Waals surface area contributed by atoms with Gasteiger partial charge in [0.25, 0.3) is 0 Å². The second-order valence-corrected chi connectivity index (χ2v) is 6.58. The number of carbonyl (C=O) groups excluding carboxylic acids is 1. The Morgan fingerprint density at radius 2 is 1.59 bits per heavy atom. The van der Waals surface area contributed by atoms with Crippen molar-refractivity contribution in [3.63, 3.8) is 0 Å². The highest BCUT2D eigenvalue weighted by Gasteiger charge is 2.24. The van der Waals surface area contributed by atoms with Gasteiger partial charge in [0.15, 0.2) is 5.78 Å². The van der Waals surface area contributed by atoms with Crippen molar-refractivity contribution < 1.29 is 9.53 Å². The molecule has 4 aromatic rings. The first kappa shape index (κ1) is 17.1. The van der Waals surface area contributed by atoms with Crippen LogP contribution in [0.25, 0.3) is 10.9 Å². The number of ether oxygens (including phenoxy) is 1. The Morgan fingerprint density at radius 3 is 2.41 bits per heavy atom. The fourth-order valence-electron chi connectivity index (χ4n) is 3.65. The lowest BCUT2D eigenvalue weighted by Gasteiger charge is -2.19. The summed E-state index contributed by atoms with van der Waals surface area (Å²) in [6.07, 6.45) is 2.40. The quantitative estimate of drug-likeness (QED) is 0.459. The molecule has 1 unspecified atom stereocenters. The molecule has 3 aromatic carbocycles. The van der Waals surface area contributed by atoms with Gasteiger partial charge in [-0.15, -0.1) is 0 Å². The number of ketones is 1. The Balaban J connectivity index is 1.81. The van der Waals surface area contributed by atoms with E-state index in [9.17, 15) is 4.79 Å². The largest absolute Gasteiger partial charge is 0.496 e. The summed E-state index contributed by atoms with van der Waals surface area (Å²) in [5, 5.41) is 1.13. The van der Waals surface area contributed by atoms with Crippen LogP contribution in [0, 0.1) is 0 Å². The van der Waals surface area contributed by atoms with E-state index in [2.05, 4.69) is 17.1 Å². The highest BCUT2D eigenvalue weighted by atomic mass is 16.5. The van der Waals surface area contributed by atoms with E-state index in [0.717, 1.165) is 33.3 Å². The summed E-state index contributed by atoms with van der Waals surface area (Å²) in [5.41, 5.74) is 3.94. The predicted molar refractivity (Wildman–Crippen MR) is 109 cm³/mol. The van der Waals surface area contributed by atoms with Gasteiger partial charge in [-0.2, -0.15) is 0 Å². The molecular formula is C24H21NO2. The molecule has 0 spiro atoms. The second-order valence-electron chi connectivity index (χ2n) is 6.58. The summed E-state index contributed by atoms with van der Waals surface area (Å²) in [7, 11) is 1.67. The van der Waals surface area contributed by atoms with Crippen LogP contribution in [0.1, 0.15) is 33.8 Å². The van der Waals surface area contributed by atoms with Gasteiger partial charge in [-0.25, -0.2) is 0 Å². The summed E-state index contributed by atoms with van der Waals surface area (Å²) in [4.78, 5) is 16.3. The number of para-hydroxylation sites is 2. The molecule has 0 radical (unpaired) electrons. The van der Waals surface area contributed by atoms with Gasteiger partial charge in [-0.3, -0.25) is 4.79 Å².